The average molecular weight is 222 g/mol. The summed E-state index contributed by atoms with van der Waals surface area (Å²) in [4.78, 5) is 2.14. The van der Waals surface area contributed by atoms with Gasteiger partial charge in [-0.3, -0.25) is 4.90 Å². The normalized spacial score (nSPS) is 21.9. The highest BCUT2D eigenvalue weighted by Crippen LogP contribution is 2.31. The molecular formula is C12H12ClNO. The van der Waals surface area contributed by atoms with Gasteiger partial charge in [0.15, 0.2) is 0 Å². The molecule has 0 spiro atoms. The summed E-state index contributed by atoms with van der Waals surface area (Å²) in [6.45, 7) is 0.859. The molecule has 2 nitrogen and oxygen atoms in total. The van der Waals surface area contributed by atoms with Crippen molar-refractivity contribution in [3.63, 3.8) is 0 Å². The molecule has 1 unspecified atom stereocenters. The summed E-state index contributed by atoms with van der Waals surface area (Å²) >= 11 is 6.30. The van der Waals surface area contributed by atoms with Crippen LogP contribution in [0.2, 0.25) is 0 Å². The molecule has 1 atom stereocenters. The monoisotopic (exact) mass is 221 g/mol. The van der Waals surface area contributed by atoms with Crippen molar-refractivity contribution in [2.75, 3.05) is 7.05 Å². The molecule has 1 aliphatic heterocycles. The maximum atomic E-state index is 6.30. The van der Waals surface area contributed by atoms with Crippen molar-refractivity contribution >= 4 is 22.6 Å². The van der Waals surface area contributed by atoms with E-state index < -0.39 is 0 Å². The quantitative estimate of drug-likeness (QED) is 0.502. The van der Waals surface area contributed by atoms with Crippen molar-refractivity contribution in [1.29, 1.82) is 0 Å². The number of nitrogens with zero attached hydrogens (tertiary/aromatic N) is 1. The Morgan fingerprint density at radius 2 is 2.27 bits per heavy atom. The molecule has 1 aromatic carbocycles. The highest BCUT2D eigenvalue weighted by Gasteiger charge is 2.22. The average Bonchev–Trinajstić information content (AvgIpc) is 2.57. The van der Waals surface area contributed by atoms with Crippen molar-refractivity contribution in [2.24, 2.45) is 0 Å². The van der Waals surface area contributed by atoms with Gasteiger partial charge >= 0.3 is 0 Å². The van der Waals surface area contributed by atoms with E-state index in [1.165, 1.54) is 16.5 Å². The third kappa shape index (κ3) is 1.36. The summed E-state index contributed by atoms with van der Waals surface area (Å²) in [5, 5.41) is 1.26. The van der Waals surface area contributed by atoms with Gasteiger partial charge in [-0.25, -0.2) is 0 Å². The fourth-order valence-electron chi connectivity index (χ4n) is 2.22. The Labute approximate surface area is 93.4 Å². The van der Waals surface area contributed by atoms with E-state index in [9.17, 15) is 0 Å². The van der Waals surface area contributed by atoms with Gasteiger partial charge < -0.3 is 4.42 Å². The lowest BCUT2D eigenvalue weighted by atomic mass is 10.1. The van der Waals surface area contributed by atoms with E-state index in [1.54, 1.807) is 0 Å². The topological polar surface area (TPSA) is 16.4 Å². The van der Waals surface area contributed by atoms with Gasteiger partial charge in [-0.2, -0.15) is 0 Å². The van der Waals surface area contributed by atoms with Crippen molar-refractivity contribution in [2.45, 2.75) is 18.5 Å². The molecule has 78 valence electrons. The van der Waals surface area contributed by atoms with E-state index in [1.807, 2.05) is 25.4 Å². The minimum atomic E-state index is 0.0722. The Bertz CT molecular complexity index is 505. The SMILES string of the molecule is CN1Cc2coc3cccc(c23)CC1Cl. The number of halogens is 1. The first-order chi connectivity index (χ1) is 7.25. The van der Waals surface area contributed by atoms with Gasteiger partial charge in [0.2, 0.25) is 0 Å². The van der Waals surface area contributed by atoms with Gasteiger partial charge in [-0.15, -0.1) is 11.6 Å². The summed E-state index contributed by atoms with van der Waals surface area (Å²) in [5.41, 5.74) is 3.58. The molecule has 2 aromatic rings. The highest BCUT2D eigenvalue weighted by atomic mass is 35.5. The summed E-state index contributed by atoms with van der Waals surface area (Å²) in [5.74, 6) is 0. The molecule has 0 saturated heterocycles. The number of benzene rings is 1. The third-order valence-corrected chi connectivity index (χ3v) is 3.54. The Morgan fingerprint density at radius 1 is 1.40 bits per heavy atom. The number of rotatable bonds is 0. The number of furan rings is 1. The zero-order valence-corrected chi connectivity index (χ0v) is 9.29. The Kier molecular flexibility index (Phi) is 2.01. The summed E-state index contributed by atoms with van der Waals surface area (Å²) in [6, 6.07) is 6.17. The van der Waals surface area contributed by atoms with Crippen LogP contribution < -0.4 is 0 Å². The first-order valence-electron chi connectivity index (χ1n) is 5.08. The maximum absolute atomic E-state index is 6.30. The van der Waals surface area contributed by atoms with E-state index in [-0.39, 0.29) is 5.50 Å². The van der Waals surface area contributed by atoms with Crippen molar-refractivity contribution in [3.8, 4) is 0 Å². The fraction of sp³-hybridized carbons (Fsp3) is 0.333. The van der Waals surface area contributed by atoms with Crippen LogP contribution in [0.15, 0.2) is 28.9 Å². The van der Waals surface area contributed by atoms with Crippen LogP contribution in [-0.4, -0.2) is 17.4 Å². The number of alkyl halides is 1. The summed E-state index contributed by atoms with van der Waals surface area (Å²) in [6.07, 6.45) is 2.72. The number of likely N-dealkylation sites (N-methyl/N-ethyl adjacent to an activating group) is 1. The van der Waals surface area contributed by atoms with E-state index in [0.717, 1.165) is 18.5 Å². The predicted octanol–water partition coefficient (Wildman–Crippen LogP) is 2.99. The molecule has 3 heteroatoms. The molecule has 0 aliphatic carbocycles. The van der Waals surface area contributed by atoms with Crippen molar-refractivity contribution < 1.29 is 4.42 Å². The van der Waals surface area contributed by atoms with E-state index in [2.05, 4.69) is 11.0 Å². The van der Waals surface area contributed by atoms with E-state index in [4.69, 9.17) is 16.0 Å². The molecule has 0 saturated carbocycles. The third-order valence-electron chi connectivity index (χ3n) is 3.05. The summed E-state index contributed by atoms with van der Waals surface area (Å²) < 4.78 is 5.53. The minimum Gasteiger partial charge on any atom is -0.464 e. The van der Waals surface area contributed by atoms with Crippen LogP contribution in [0, 0.1) is 0 Å². The molecule has 1 aromatic heterocycles. The van der Waals surface area contributed by atoms with Crippen molar-refractivity contribution in [3.05, 3.63) is 35.6 Å². The van der Waals surface area contributed by atoms with E-state index >= 15 is 0 Å². The lowest BCUT2D eigenvalue weighted by Gasteiger charge is -2.19. The van der Waals surface area contributed by atoms with Crippen molar-refractivity contribution in [1.82, 2.24) is 4.90 Å². The number of hydrogen-bond donors (Lipinski definition) is 0. The maximum Gasteiger partial charge on any atom is 0.134 e. The van der Waals surface area contributed by atoms with Crippen LogP contribution in [0.1, 0.15) is 11.1 Å². The van der Waals surface area contributed by atoms with E-state index in [0.29, 0.717) is 0 Å². The minimum absolute atomic E-state index is 0.0722. The Hall–Kier alpha value is -0.990. The van der Waals surface area contributed by atoms with Crippen LogP contribution in [-0.2, 0) is 13.0 Å². The van der Waals surface area contributed by atoms with Gasteiger partial charge in [0.25, 0.3) is 0 Å². The number of hydrogen-bond acceptors (Lipinski definition) is 2. The second kappa shape index (κ2) is 3.26. The Balaban J connectivity index is 2.27. The second-order valence-corrected chi connectivity index (χ2v) is 4.61. The highest BCUT2D eigenvalue weighted by molar-refractivity contribution is 6.20. The lowest BCUT2D eigenvalue weighted by Crippen LogP contribution is -2.26. The van der Waals surface area contributed by atoms with Crippen LogP contribution in [0.3, 0.4) is 0 Å². The van der Waals surface area contributed by atoms with Gasteiger partial charge in [-0.1, -0.05) is 12.1 Å². The molecule has 0 bridgehead atoms. The van der Waals surface area contributed by atoms with Crippen LogP contribution in [0.4, 0.5) is 0 Å². The molecule has 2 heterocycles. The molecule has 15 heavy (non-hydrogen) atoms. The molecule has 3 rings (SSSR count). The molecule has 0 radical (unpaired) electrons. The van der Waals surface area contributed by atoms with Gasteiger partial charge in [-0.05, 0) is 18.7 Å². The van der Waals surface area contributed by atoms with Crippen LogP contribution in [0.5, 0.6) is 0 Å². The van der Waals surface area contributed by atoms with Gasteiger partial charge in [0.05, 0.1) is 11.8 Å². The molecule has 0 amide bonds. The zero-order valence-electron chi connectivity index (χ0n) is 8.53. The molecule has 0 fully saturated rings. The van der Waals surface area contributed by atoms with Crippen LogP contribution >= 0.6 is 11.6 Å². The lowest BCUT2D eigenvalue weighted by molar-refractivity contribution is 0.302. The first kappa shape index (κ1) is 9.25. The summed E-state index contributed by atoms with van der Waals surface area (Å²) in [7, 11) is 2.04. The second-order valence-electron chi connectivity index (χ2n) is 4.10. The molecular weight excluding hydrogens is 210 g/mol. The first-order valence-corrected chi connectivity index (χ1v) is 5.51. The smallest absolute Gasteiger partial charge is 0.134 e. The molecule has 0 N–H and O–H groups in total. The van der Waals surface area contributed by atoms with Gasteiger partial charge in [0.1, 0.15) is 5.58 Å². The molecule has 1 aliphatic rings. The predicted molar refractivity (Wildman–Crippen MR) is 61.0 cm³/mol. The largest absolute Gasteiger partial charge is 0.464 e. The Morgan fingerprint density at radius 3 is 3.13 bits per heavy atom. The standard InChI is InChI=1S/C12H12ClNO/c1-14-6-9-7-15-10-4-2-3-8(12(9)10)5-11(14)13/h2-4,7,11H,5-6H2,1H3. The van der Waals surface area contributed by atoms with Crippen LogP contribution in [0.25, 0.3) is 11.0 Å². The van der Waals surface area contributed by atoms with Gasteiger partial charge in [0, 0.05) is 23.9 Å². The fourth-order valence-corrected chi connectivity index (χ4v) is 2.46. The zero-order chi connectivity index (χ0) is 10.4.